The first-order valence-electron chi connectivity index (χ1n) is 4.78. The molecule has 0 aliphatic carbocycles. The Morgan fingerprint density at radius 1 is 1.06 bits per heavy atom. The van der Waals surface area contributed by atoms with Crippen LogP contribution in [-0.2, 0) is 0 Å². The van der Waals surface area contributed by atoms with Crippen molar-refractivity contribution < 1.29 is 5.11 Å². The zero-order valence-electron chi connectivity index (χ0n) is 8.28. The molecule has 0 spiro atoms. The van der Waals surface area contributed by atoms with Crippen molar-refractivity contribution in [2.24, 2.45) is 0 Å². The molecular formula is C11H8N4O. The normalized spacial score (nSPS) is 10.8. The summed E-state index contributed by atoms with van der Waals surface area (Å²) in [4.78, 5) is 7.88. The van der Waals surface area contributed by atoms with Gasteiger partial charge in [0.1, 0.15) is 0 Å². The largest absolute Gasteiger partial charge is 0.493 e. The Hall–Kier alpha value is -2.43. The van der Waals surface area contributed by atoms with Gasteiger partial charge < -0.3 is 5.11 Å². The van der Waals surface area contributed by atoms with Crippen molar-refractivity contribution >= 4 is 5.65 Å². The molecule has 5 heteroatoms. The lowest BCUT2D eigenvalue weighted by atomic mass is 10.1. The molecule has 0 saturated heterocycles. The van der Waals surface area contributed by atoms with E-state index in [1.807, 2.05) is 12.1 Å². The van der Waals surface area contributed by atoms with Crippen LogP contribution >= 0.6 is 0 Å². The molecule has 3 rings (SSSR count). The fraction of sp³-hybridized carbons (Fsp3) is 0. The lowest BCUT2D eigenvalue weighted by Gasteiger charge is -2.01. The van der Waals surface area contributed by atoms with E-state index in [1.54, 1.807) is 35.4 Å². The zero-order chi connectivity index (χ0) is 11.0. The fourth-order valence-corrected chi connectivity index (χ4v) is 1.57. The van der Waals surface area contributed by atoms with Crippen molar-refractivity contribution in [1.29, 1.82) is 0 Å². The van der Waals surface area contributed by atoms with Gasteiger partial charge in [-0.3, -0.25) is 0 Å². The van der Waals surface area contributed by atoms with Crippen LogP contribution in [0.4, 0.5) is 0 Å². The van der Waals surface area contributed by atoms with Gasteiger partial charge in [-0.1, -0.05) is 0 Å². The van der Waals surface area contributed by atoms with Crippen molar-refractivity contribution in [3.05, 3.63) is 43.0 Å². The first kappa shape index (κ1) is 8.84. The van der Waals surface area contributed by atoms with Gasteiger partial charge in [0.25, 0.3) is 0 Å². The standard InChI is InChI=1S/C11H8N4O/c16-11-6-8(1-2-13-11)9-5-10-12-3-4-15(10)14-7-9/h1-7H,(H,13,16). The second-order valence-electron chi connectivity index (χ2n) is 3.38. The quantitative estimate of drug-likeness (QED) is 0.663. The van der Waals surface area contributed by atoms with Crippen LogP contribution in [0.1, 0.15) is 0 Å². The highest BCUT2D eigenvalue weighted by Crippen LogP contribution is 2.21. The van der Waals surface area contributed by atoms with Gasteiger partial charge in [-0.2, -0.15) is 5.10 Å². The van der Waals surface area contributed by atoms with E-state index >= 15 is 0 Å². The van der Waals surface area contributed by atoms with E-state index in [4.69, 9.17) is 0 Å². The Morgan fingerprint density at radius 3 is 2.88 bits per heavy atom. The summed E-state index contributed by atoms with van der Waals surface area (Å²) in [6.45, 7) is 0. The number of hydrogen-bond donors (Lipinski definition) is 1. The van der Waals surface area contributed by atoms with Crippen LogP contribution in [0.2, 0.25) is 0 Å². The summed E-state index contributed by atoms with van der Waals surface area (Å²) in [5.74, 6) is 0.000662. The van der Waals surface area contributed by atoms with E-state index in [-0.39, 0.29) is 5.88 Å². The van der Waals surface area contributed by atoms with Crippen LogP contribution < -0.4 is 0 Å². The highest BCUT2D eigenvalue weighted by atomic mass is 16.3. The molecule has 0 atom stereocenters. The molecule has 0 aromatic carbocycles. The molecule has 0 amide bonds. The summed E-state index contributed by atoms with van der Waals surface area (Å²) in [7, 11) is 0. The molecule has 0 radical (unpaired) electrons. The Kier molecular flexibility index (Phi) is 1.83. The predicted molar refractivity (Wildman–Crippen MR) is 57.9 cm³/mol. The minimum atomic E-state index is 0.000662. The molecule has 3 heterocycles. The Labute approximate surface area is 91.0 Å². The van der Waals surface area contributed by atoms with E-state index in [0.717, 1.165) is 16.8 Å². The minimum absolute atomic E-state index is 0.000662. The molecule has 0 unspecified atom stereocenters. The van der Waals surface area contributed by atoms with Gasteiger partial charge in [0.15, 0.2) is 5.65 Å². The molecule has 0 fully saturated rings. The van der Waals surface area contributed by atoms with Crippen molar-refractivity contribution in [3.63, 3.8) is 0 Å². The predicted octanol–water partition coefficient (Wildman–Crippen LogP) is 1.50. The van der Waals surface area contributed by atoms with Crippen molar-refractivity contribution in [2.75, 3.05) is 0 Å². The van der Waals surface area contributed by atoms with Crippen LogP contribution in [0.15, 0.2) is 43.0 Å². The van der Waals surface area contributed by atoms with Crippen LogP contribution in [0.25, 0.3) is 16.8 Å². The maximum atomic E-state index is 9.30. The van der Waals surface area contributed by atoms with Crippen molar-refractivity contribution in [3.8, 4) is 17.0 Å². The maximum absolute atomic E-state index is 9.30. The van der Waals surface area contributed by atoms with Gasteiger partial charge in [-0.25, -0.2) is 14.5 Å². The topological polar surface area (TPSA) is 63.3 Å². The number of hydrogen-bond acceptors (Lipinski definition) is 4. The van der Waals surface area contributed by atoms with E-state index < -0.39 is 0 Å². The smallest absolute Gasteiger partial charge is 0.211 e. The molecule has 0 bridgehead atoms. The molecule has 3 aromatic rings. The number of rotatable bonds is 1. The number of nitrogens with zero attached hydrogens (tertiary/aromatic N) is 4. The molecule has 0 aliphatic heterocycles. The van der Waals surface area contributed by atoms with E-state index in [0.29, 0.717) is 0 Å². The lowest BCUT2D eigenvalue weighted by molar-refractivity contribution is 0.454. The van der Waals surface area contributed by atoms with Gasteiger partial charge in [0.2, 0.25) is 5.88 Å². The molecule has 0 aliphatic rings. The first-order valence-corrected chi connectivity index (χ1v) is 4.78. The first-order chi connectivity index (χ1) is 7.83. The molecule has 16 heavy (non-hydrogen) atoms. The third kappa shape index (κ3) is 1.38. The molecule has 1 N–H and O–H groups in total. The molecule has 0 saturated carbocycles. The Bertz CT molecular complexity index is 647. The van der Waals surface area contributed by atoms with Gasteiger partial charge in [-0.05, 0) is 17.7 Å². The molecule has 5 nitrogen and oxygen atoms in total. The van der Waals surface area contributed by atoms with Gasteiger partial charge in [-0.15, -0.1) is 0 Å². The maximum Gasteiger partial charge on any atom is 0.211 e. The second-order valence-corrected chi connectivity index (χ2v) is 3.38. The summed E-state index contributed by atoms with van der Waals surface area (Å²) in [5, 5.41) is 13.5. The average Bonchev–Trinajstić information content (AvgIpc) is 2.75. The van der Waals surface area contributed by atoms with E-state index in [9.17, 15) is 5.11 Å². The summed E-state index contributed by atoms with van der Waals surface area (Å²) < 4.78 is 1.69. The summed E-state index contributed by atoms with van der Waals surface area (Å²) in [6.07, 6.45) is 6.75. The number of fused-ring (bicyclic) bond motifs is 1. The second kappa shape index (κ2) is 3.30. The third-order valence-corrected chi connectivity index (χ3v) is 2.33. The number of imidazole rings is 1. The van der Waals surface area contributed by atoms with Gasteiger partial charge in [0, 0.05) is 30.2 Å². The van der Waals surface area contributed by atoms with E-state index in [2.05, 4.69) is 15.1 Å². The van der Waals surface area contributed by atoms with Crippen LogP contribution in [-0.4, -0.2) is 24.7 Å². The zero-order valence-corrected chi connectivity index (χ0v) is 8.28. The Balaban J connectivity index is 2.18. The third-order valence-electron chi connectivity index (χ3n) is 2.33. The van der Waals surface area contributed by atoms with Crippen LogP contribution in [0.5, 0.6) is 5.88 Å². The van der Waals surface area contributed by atoms with Gasteiger partial charge in [0.05, 0.1) is 6.20 Å². The van der Waals surface area contributed by atoms with Crippen LogP contribution in [0, 0.1) is 0 Å². The molecule has 78 valence electrons. The molecular weight excluding hydrogens is 204 g/mol. The summed E-state index contributed by atoms with van der Waals surface area (Å²) in [6, 6.07) is 5.31. The lowest BCUT2D eigenvalue weighted by Crippen LogP contribution is -1.90. The minimum Gasteiger partial charge on any atom is -0.493 e. The van der Waals surface area contributed by atoms with Gasteiger partial charge >= 0.3 is 0 Å². The van der Waals surface area contributed by atoms with E-state index in [1.165, 1.54) is 0 Å². The fourth-order valence-electron chi connectivity index (χ4n) is 1.57. The number of aromatic hydroxyl groups is 1. The highest BCUT2D eigenvalue weighted by molar-refractivity contribution is 5.66. The number of aromatic nitrogens is 4. The summed E-state index contributed by atoms with van der Waals surface area (Å²) in [5.41, 5.74) is 2.54. The van der Waals surface area contributed by atoms with Crippen LogP contribution in [0.3, 0.4) is 0 Å². The SMILES string of the molecule is Oc1cc(-c2cnn3ccnc3c2)ccn1. The number of pyridine rings is 1. The molecule has 3 aromatic heterocycles. The van der Waals surface area contributed by atoms with Crippen molar-refractivity contribution in [1.82, 2.24) is 19.6 Å². The average molecular weight is 212 g/mol. The summed E-state index contributed by atoms with van der Waals surface area (Å²) >= 11 is 0. The Morgan fingerprint density at radius 2 is 2.00 bits per heavy atom. The highest BCUT2D eigenvalue weighted by Gasteiger charge is 2.02. The van der Waals surface area contributed by atoms with Crippen molar-refractivity contribution in [2.45, 2.75) is 0 Å². The monoisotopic (exact) mass is 212 g/mol.